The summed E-state index contributed by atoms with van der Waals surface area (Å²) in [6.07, 6.45) is 2.11. The molecule has 0 aliphatic carbocycles. The molecule has 0 radical (unpaired) electrons. The number of halogens is 1. The van der Waals surface area contributed by atoms with Crippen LogP contribution in [0.15, 0.2) is 12.1 Å². The van der Waals surface area contributed by atoms with Crippen LogP contribution in [-0.4, -0.2) is 26.3 Å². The quantitative estimate of drug-likeness (QED) is 0.802. The van der Waals surface area contributed by atoms with Gasteiger partial charge in [0.05, 0.1) is 19.3 Å². The molecule has 1 heterocycles. The number of nitrogens with one attached hydrogen (secondary N) is 1. The molecule has 0 unspecified atom stereocenters. The number of benzene rings is 1. The third-order valence-corrected chi connectivity index (χ3v) is 3.56. The smallest absolute Gasteiger partial charge is 0.430 e. The predicted octanol–water partition coefficient (Wildman–Crippen LogP) is 0.440. The Balaban J connectivity index is 0.00000220. The van der Waals surface area contributed by atoms with E-state index in [2.05, 4.69) is 10.3 Å². The van der Waals surface area contributed by atoms with Gasteiger partial charge in [-0.2, -0.15) is 0 Å². The van der Waals surface area contributed by atoms with Crippen LogP contribution in [0.4, 0.5) is 5.69 Å². The van der Waals surface area contributed by atoms with Crippen LogP contribution < -0.4 is 27.2 Å². The Morgan fingerprint density at radius 3 is 2.43 bits per heavy atom. The van der Waals surface area contributed by atoms with Crippen molar-refractivity contribution in [3.8, 4) is 11.5 Å². The van der Waals surface area contributed by atoms with E-state index in [-0.39, 0.29) is 12.4 Å². The fraction of sp³-hybridized carbons (Fsp3) is 0.600. The molecule has 1 saturated heterocycles. The maximum Gasteiger partial charge on any atom is 0.430 e. The fourth-order valence-electron chi connectivity index (χ4n) is 2.67. The van der Waals surface area contributed by atoms with Gasteiger partial charge in [-0.1, -0.05) is 0 Å². The molecule has 2 rings (SSSR count). The maximum absolute atomic E-state index is 9.24. The van der Waals surface area contributed by atoms with E-state index in [0.717, 1.165) is 37.2 Å². The highest BCUT2D eigenvalue weighted by Crippen LogP contribution is 2.42. The molecule has 1 N–H and O–H groups in total. The normalized spacial score (nSPS) is 14.9. The molecule has 1 aliphatic heterocycles. The number of ether oxygens (including phenoxy) is 2. The summed E-state index contributed by atoms with van der Waals surface area (Å²) < 4.78 is 11.3. The van der Waals surface area contributed by atoms with Gasteiger partial charge in [-0.25, -0.2) is 0 Å². The summed E-state index contributed by atoms with van der Waals surface area (Å²) in [7, 11) is 0. The lowest BCUT2D eigenvalue weighted by molar-refractivity contribution is -0.00000551. The first-order valence-corrected chi connectivity index (χ1v) is 7.29. The number of piperidine rings is 1. The van der Waals surface area contributed by atoms with Crippen molar-refractivity contribution in [3.05, 3.63) is 22.7 Å². The highest BCUT2D eigenvalue weighted by atomic mass is 35.5. The Kier molecular flexibility index (Phi) is 7.27. The molecule has 1 aromatic carbocycles. The molecule has 116 valence electrons. The lowest BCUT2D eigenvalue weighted by Crippen LogP contribution is -3.00. The Morgan fingerprint density at radius 1 is 1.19 bits per heavy atom. The molecule has 0 spiro atoms. The molecule has 0 saturated carbocycles. The largest absolute Gasteiger partial charge is 1.00 e. The van der Waals surface area contributed by atoms with Crippen LogP contribution in [0.1, 0.15) is 38.2 Å². The minimum Gasteiger partial charge on any atom is -1.00 e. The maximum atomic E-state index is 9.24. The van der Waals surface area contributed by atoms with Crippen molar-refractivity contribution in [2.45, 2.75) is 32.6 Å². The summed E-state index contributed by atoms with van der Waals surface area (Å²) >= 11 is 0. The third kappa shape index (κ3) is 4.23. The molecule has 1 aliphatic rings. The molecule has 1 aromatic rings. The van der Waals surface area contributed by atoms with E-state index in [1.165, 1.54) is 0 Å². The lowest BCUT2D eigenvalue weighted by atomic mass is 9.89. The average Bonchev–Trinajstić information content (AvgIpc) is 2.49. The van der Waals surface area contributed by atoms with Crippen LogP contribution in [0.3, 0.4) is 0 Å². The second kappa shape index (κ2) is 8.71. The highest BCUT2D eigenvalue weighted by molar-refractivity contribution is 5.65. The van der Waals surface area contributed by atoms with Gasteiger partial charge < -0.3 is 27.2 Å². The Morgan fingerprint density at radius 2 is 1.86 bits per heavy atom. The molecule has 0 aromatic heterocycles. The van der Waals surface area contributed by atoms with Crippen LogP contribution in [-0.2, 0) is 0 Å². The minimum atomic E-state index is 0. The minimum absolute atomic E-state index is 0. The van der Waals surface area contributed by atoms with E-state index < -0.39 is 0 Å². The van der Waals surface area contributed by atoms with Gasteiger partial charge in [0, 0.05) is 5.56 Å². The zero-order valence-corrected chi connectivity index (χ0v) is 13.3. The van der Waals surface area contributed by atoms with Crippen LogP contribution in [0, 0.1) is 5.39 Å². The molecule has 0 amide bonds. The van der Waals surface area contributed by atoms with E-state index in [1.54, 1.807) is 6.07 Å². The molecule has 6 heteroatoms. The van der Waals surface area contributed by atoms with Crippen LogP contribution >= 0.6 is 0 Å². The van der Waals surface area contributed by atoms with Crippen LogP contribution in [0.5, 0.6) is 11.5 Å². The van der Waals surface area contributed by atoms with E-state index in [1.807, 2.05) is 19.9 Å². The standard InChI is InChI=1S/C15H22N3O2.ClH/c1-3-19-12-9-13(11-5-7-17-8-6-11)15(20-4-2)14(10-12)18-16;/h9-11,17H,3-8H2,1-2H3;1H/q+1;/p-1. The SMILES string of the molecule is CCOc1cc([N+]#N)c(OCC)c(C2CCNCC2)c1.[Cl-]. The zero-order valence-electron chi connectivity index (χ0n) is 12.6. The van der Waals surface area contributed by atoms with E-state index in [9.17, 15) is 5.39 Å². The van der Waals surface area contributed by atoms with E-state index >= 15 is 0 Å². The van der Waals surface area contributed by atoms with Crippen molar-refractivity contribution in [1.82, 2.24) is 5.32 Å². The monoisotopic (exact) mass is 311 g/mol. The number of diazo groups is 1. The zero-order chi connectivity index (χ0) is 14.4. The molecular weight excluding hydrogens is 290 g/mol. The first-order valence-electron chi connectivity index (χ1n) is 7.29. The Bertz CT molecular complexity index is 496. The van der Waals surface area contributed by atoms with Gasteiger partial charge in [0.25, 0.3) is 0 Å². The van der Waals surface area contributed by atoms with Crippen LogP contribution in [0.25, 0.3) is 4.98 Å². The van der Waals surface area contributed by atoms with Gasteiger partial charge in [0.15, 0.2) is 4.98 Å². The first-order chi connectivity index (χ1) is 9.80. The van der Waals surface area contributed by atoms with Gasteiger partial charge in [0.1, 0.15) is 5.75 Å². The van der Waals surface area contributed by atoms with Gasteiger partial charge in [-0.3, -0.25) is 0 Å². The summed E-state index contributed by atoms with van der Waals surface area (Å²) in [5, 5.41) is 12.6. The van der Waals surface area contributed by atoms with Crippen LogP contribution in [0.2, 0.25) is 0 Å². The van der Waals surface area contributed by atoms with Gasteiger partial charge in [0.2, 0.25) is 11.1 Å². The van der Waals surface area contributed by atoms with Gasteiger partial charge in [-0.05, 0) is 51.8 Å². The third-order valence-electron chi connectivity index (χ3n) is 3.56. The first kappa shape index (κ1) is 17.5. The molecule has 5 nitrogen and oxygen atoms in total. The molecule has 1 fully saturated rings. The summed E-state index contributed by atoms with van der Waals surface area (Å²) in [5.41, 5.74) is 1.54. The second-order valence-electron chi connectivity index (χ2n) is 4.85. The predicted molar refractivity (Wildman–Crippen MR) is 78.4 cm³/mol. The lowest BCUT2D eigenvalue weighted by Gasteiger charge is -2.24. The summed E-state index contributed by atoms with van der Waals surface area (Å²) in [4.78, 5) is 3.37. The van der Waals surface area contributed by atoms with Crippen molar-refractivity contribution in [3.63, 3.8) is 0 Å². The Labute approximate surface area is 132 Å². The fourth-order valence-corrected chi connectivity index (χ4v) is 2.67. The van der Waals surface area contributed by atoms with Crippen molar-refractivity contribution < 1.29 is 21.9 Å². The Hall–Kier alpha value is -1.51. The van der Waals surface area contributed by atoms with Crippen molar-refractivity contribution in [2.24, 2.45) is 0 Å². The van der Waals surface area contributed by atoms with Crippen molar-refractivity contribution in [2.75, 3.05) is 26.3 Å². The molecule has 21 heavy (non-hydrogen) atoms. The average molecular weight is 312 g/mol. The van der Waals surface area contributed by atoms with E-state index in [0.29, 0.717) is 30.6 Å². The van der Waals surface area contributed by atoms with Crippen molar-refractivity contribution >= 4 is 5.69 Å². The number of hydrogen-bond acceptors (Lipinski definition) is 4. The number of rotatable bonds is 5. The summed E-state index contributed by atoms with van der Waals surface area (Å²) in [6.45, 7) is 7.01. The molecular formula is C15H22ClN3O2. The van der Waals surface area contributed by atoms with Gasteiger partial charge >= 0.3 is 5.69 Å². The summed E-state index contributed by atoms with van der Waals surface area (Å²) in [5.74, 6) is 1.83. The summed E-state index contributed by atoms with van der Waals surface area (Å²) in [6, 6.07) is 3.75. The van der Waals surface area contributed by atoms with E-state index in [4.69, 9.17) is 9.47 Å². The molecule has 0 bridgehead atoms. The van der Waals surface area contributed by atoms with Crippen molar-refractivity contribution in [1.29, 1.82) is 5.39 Å². The number of hydrogen-bond donors (Lipinski definition) is 1. The highest BCUT2D eigenvalue weighted by Gasteiger charge is 2.27. The molecule has 0 atom stereocenters. The number of nitrogens with zero attached hydrogens (tertiary/aromatic N) is 2. The topological polar surface area (TPSA) is 58.6 Å². The van der Waals surface area contributed by atoms with Gasteiger partial charge in [-0.15, -0.1) is 0 Å². The second-order valence-corrected chi connectivity index (χ2v) is 4.85.